The number of hydrogen-bond acceptors (Lipinski definition) is 5. The van der Waals surface area contributed by atoms with Gasteiger partial charge in [0.25, 0.3) is 5.91 Å². The molecule has 0 saturated heterocycles. The number of pyridine rings is 1. The number of carbonyl (C=O) groups is 2. The summed E-state index contributed by atoms with van der Waals surface area (Å²) < 4.78 is 1.90. The molecule has 3 heterocycles. The largest absolute Gasteiger partial charge is 0.346 e. The number of fused-ring (bicyclic) bond motifs is 1. The molecule has 1 aliphatic rings. The third-order valence-corrected chi connectivity index (χ3v) is 4.29. The van der Waals surface area contributed by atoms with Crippen LogP contribution in [0.4, 0.5) is 4.79 Å². The summed E-state index contributed by atoms with van der Waals surface area (Å²) in [6.07, 6.45) is 2.21. The molecule has 1 N–H and O–H groups in total. The Hall–Kier alpha value is -3.41. The molecule has 0 atom stereocenters. The highest BCUT2D eigenvalue weighted by Crippen LogP contribution is 2.15. The molecule has 9 heteroatoms. The molecule has 27 heavy (non-hydrogen) atoms. The number of aromatic nitrogens is 3. The molecule has 0 radical (unpaired) electrons. The number of amides is 3. The predicted octanol–water partition coefficient (Wildman–Crippen LogP) is 0.967. The van der Waals surface area contributed by atoms with Crippen molar-refractivity contribution in [2.75, 3.05) is 20.6 Å². The molecule has 0 unspecified atom stereocenters. The fourth-order valence-electron chi connectivity index (χ4n) is 2.92. The van der Waals surface area contributed by atoms with Crippen molar-refractivity contribution in [1.82, 2.24) is 29.9 Å². The number of aryl methyl sites for hydroxylation is 1. The normalized spacial score (nSPS) is 13.3. The maximum atomic E-state index is 12.2. The summed E-state index contributed by atoms with van der Waals surface area (Å²) in [6, 6.07) is 6.88. The summed E-state index contributed by atoms with van der Waals surface area (Å²) in [5.74, 6) is -0.278. The standard InChI is InChI=1S/C18H21N7O2/c1-23(2)18(27)24-6-3-7-25-16(12-24)8-15(22-25)11-21-17(26)13-4-5-14(9-19)20-10-13/h4-5,8,10H,3,6-7,11-12H2,1-2H3,(H,21,26). The Kier molecular flexibility index (Phi) is 5.35. The Morgan fingerprint density at radius 1 is 1.33 bits per heavy atom. The number of carbonyl (C=O) groups excluding carboxylic acids is 2. The lowest BCUT2D eigenvalue weighted by atomic mass is 10.2. The number of rotatable bonds is 3. The summed E-state index contributed by atoms with van der Waals surface area (Å²) in [5.41, 5.74) is 2.34. The quantitative estimate of drug-likeness (QED) is 0.870. The van der Waals surface area contributed by atoms with Gasteiger partial charge in [-0.15, -0.1) is 0 Å². The second kappa shape index (κ2) is 7.86. The van der Waals surface area contributed by atoms with Gasteiger partial charge in [-0.25, -0.2) is 9.78 Å². The minimum absolute atomic E-state index is 0.0205. The Bertz CT molecular complexity index is 880. The van der Waals surface area contributed by atoms with Gasteiger partial charge in [0.2, 0.25) is 0 Å². The fourth-order valence-corrected chi connectivity index (χ4v) is 2.92. The lowest BCUT2D eigenvalue weighted by Crippen LogP contribution is -2.38. The van der Waals surface area contributed by atoms with Crippen LogP contribution in [0.3, 0.4) is 0 Å². The Labute approximate surface area is 157 Å². The first-order valence-electron chi connectivity index (χ1n) is 8.64. The van der Waals surface area contributed by atoms with Gasteiger partial charge in [0, 0.05) is 33.4 Å². The van der Waals surface area contributed by atoms with Gasteiger partial charge in [0.1, 0.15) is 11.8 Å². The Morgan fingerprint density at radius 3 is 2.81 bits per heavy atom. The van der Waals surface area contributed by atoms with E-state index in [2.05, 4.69) is 15.4 Å². The van der Waals surface area contributed by atoms with E-state index in [0.29, 0.717) is 18.7 Å². The molecule has 0 fully saturated rings. The van der Waals surface area contributed by atoms with Crippen LogP contribution in [0.2, 0.25) is 0 Å². The molecule has 0 saturated carbocycles. The van der Waals surface area contributed by atoms with E-state index >= 15 is 0 Å². The molecule has 140 valence electrons. The molecule has 3 rings (SSSR count). The number of nitrogens with zero attached hydrogens (tertiary/aromatic N) is 6. The number of nitrogens with one attached hydrogen (secondary N) is 1. The van der Waals surface area contributed by atoms with Crippen LogP contribution < -0.4 is 5.32 Å². The van der Waals surface area contributed by atoms with Crippen LogP contribution in [0.15, 0.2) is 24.4 Å². The first-order valence-corrected chi connectivity index (χ1v) is 8.64. The molecule has 2 aromatic rings. The smallest absolute Gasteiger partial charge is 0.319 e. The van der Waals surface area contributed by atoms with E-state index in [1.807, 2.05) is 16.8 Å². The molecule has 1 aliphatic heterocycles. The highest BCUT2D eigenvalue weighted by atomic mass is 16.2. The SMILES string of the molecule is CN(C)C(=O)N1CCCn2nc(CNC(=O)c3ccc(C#N)nc3)cc2C1. The average Bonchev–Trinajstić information content (AvgIpc) is 2.95. The van der Waals surface area contributed by atoms with Crippen LogP contribution in [-0.4, -0.2) is 57.1 Å². The molecular weight excluding hydrogens is 346 g/mol. The second-order valence-corrected chi connectivity index (χ2v) is 6.53. The van der Waals surface area contributed by atoms with Crippen molar-refractivity contribution >= 4 is 11.9 Å². The van der Waals surface area contributed by atoms with E-state index in [4.69, 9.17) is 5.26 Å². The van der Waals surface area contributed by atoms with Gasteiger partial charge in [-0.3, -0.25) is 9.48 Å². The Morgan fingerprint density at radius 2 is 2.15 bits per heavy atom. The first kappa shape index (κ1) is 18.4. The van der Waals surface area contributed by atoms with Crippen molar-refractivity contribution in [3.8, 4) is 6.07 Å². The van der Waals surface area contributed by atoms with Crippen molar-refractivity contribution in [2.45, 2.75) is 26.1 Å². The van der Waals surface area contributed by atoms with Crippen molar-refractivity contribution in [1.29, 1.82) is 5.26 Å². The van der Waals surface area contributed by atoms with Crippen LogP contribution in [0.25, 0.3) is 0 Å². The Balaban J connectivity index is 1.64. The monoisotopic (exact) mass is 367 g/mol. The molecule has 0 spiro atoms. The zero-order valence-corrected chi connectivity index (χ0v) is 15.3. The molecule has 0 aromatic carbocycles. The summed E-state index contributed by atoms with van der Waals surface area (Å²) >= 11 is 0. The van der Waals surface area contributed by atoms with Crippen LogP contribution in [0, 0.1) is 11.3 Å². The van der Waals surface area contributed by atoms with Gasteiger partial charge >= 0.3 is 6.03 Å². The molecule has 0 aliphatic carbocycles. The molecule has 0 bridgehead atoms. The topological polar surface area (TPSA) is 107 Å². The summed E-state index contributed by atoms with van der Waals surface area (Å²) in [4.78, 5) is 31.7. The molecule has 9 nitrogen and oxygen atoms in total. The van der Waals surface area contributed by atoms with Crippen LogP contribution >= 0.6 is 0 Å². The minimum atomic E-state index is -0.278. The summed E-state index contributed by atoms with van der Waals surface area (Å²) in [7, 11) is 3.48. The summed E-state index contributed by atoms with van der Waals surface area (Å²) in [5, 5.41) is 16.1. The third-order valence-electron chi connectivity index (χ3n) is 4.29. The number of hydrogen-bond donors (Lipinski definition) is 1. The van der Waals surface area contributed by atoms with Gasteiger partial charge in [-0.1, -0.05) is 0 Å². The number of urea groups is 1. The van der Waals surface area contributed by atoms with Crippen molar-refractivity contribution < 1.29 is 9.59 Å². The van der Waals surface area contributed by atoms with Crippen molar-refractivity contribution in [2.24, 2.45) is 0 Å². The van der Waals surface area contributed by atoms with Crippen LogP contribution in [0.1, 0.15) is 33.9 Å². The van der Waals surface area contributed by atoms with E-state index in [9.17, 15) is 9.59 Å². The van der Waals surface area contributed by atoms with E-state index in [-0.39, 0.29) is 24.2 Å². The van der Waals surface area contributed by atoms with E-state index < -0.39 is 0 Å². The van der Waals surface area contributed by atoms with E-state index in [0.717, 1.165) is 24.4 Å². The fraction of sp³-hybridized carbons (Fsp3) is 0.389. The molecule has 3 amide bonds. The van der Waals surface area contributed by atoms with E-state index in [1.54, 1.807) is 30.0 Å². The van der Waals surface area contributed by atoms with Crippen LogP contribution in [-0.2, 0) is 19.6 Å². The van der Waals surface area contributed by atoms with Crippen molar-refractivity contribution in [3.63, 3.8) is 0 Å². The highest BCUT2D eigenvalue weighted by molar-refractivity contribution is 5.93. The van der Waals surface area contributed by atoms with Gasteiger partial charge < -0.3 is 15.1 Å². The second-order valence-electron chi connectivity index (χ2n) is 6.53. The van der Waals surface area contributed by atoms with Gasteiger partial charge in [0.05, 0.1) is 30.0 Å². The minimum Gasteiger partial charge on any atom is -0.346 e. The predicted molar refractivity (Wildman–Crippen MR) is 96.5 cm³/mol. The lowest BCUT2D eigenvalue weighted by molar-refractivity contribution is 0.0950. The third kappa shape index (κ3) is 4.23. The first-order chi connectivity index (χ1) is 13.0. The summed E-state index contributed by atoms with van der Waals surface area (Å²) in [6.45, 7) is 2.20. The van der Waals surface area contributed by atoms with Gasteiger partial charge in [-0.2, -0.15) is 10.4 Å². The zero-order valence-electron chi connectivity index (χ0n) is 15.3. The van der Waals surface area contributed by atoms with Crippen LogP contribution in [0.5, 0.6) is 0 Å². The van der Waals surface area contributed by atoms with Gasteiger partial charge in [0.15, 0.2) is 0 Å². The number of nitriles is 1. The zero-order chi connectivity index (χ0) is 19.4. The van der Waals surface area contributed by atoms with Crippen molar-refractivity contribution in [3.05, 3.63) is 47.0 Å². The lowest BCUT2D eigenvalue weighted by Gasteiger charge is -2.23. The maximum absolute atomic E-state index is 12.2. The van der Waals surface area contributed by atoms with Gasteiger partial charge in [-0.05, 0) is 24.6 Å². The average molecular weight is 367 g/mol. The van der Waals surface area contributed by atoms with E-state index in [1.165, 1.54) is 12.3 Å². The molecular formula is C18H21N7O2. The molecule has 2 aromatic heterocycles. The highest BCUT2D eigenvalue weighted by Gasteiger charge is 2.21. The maximum Gasteiger partial charge on any atom is 0.319 e.